The van der Waals surface area contributed by atoms with Gasteiger partial charge in [0, 0.05) is 47.7 Å². The molecule has 4 atom stereocenters. The van der Waals surface area contributed by atoms with E-state index in [2.05, 4.69) is 43.3 Å². The van der Waals surface area contributed by atoms with E-state index in [0.717, 1.165) is 53.3 Å². The van der Waals surface area contributed by atoms with Crippen LogP contribution >= 0.6 is 15.9 Å². The van der Waals surface area contributed by atoms with E-state index in [9.17, 15) is 4.79 Å². The lowest BCUT2D eigenvalue weighted by atomic mass is 9.74. The topological polar surface area (TPSA) is 58.1 Å². The second-order valence-corrected chi connectivity index (χ2v) is 8.54. The number of nitrogens with zero attached hydrogens (tertiary/aromatic N) is 3. The Labute approximate surface area is 168 Å². The van der Waals surface area contributed by atoms with Crippen molar-refractivity contribution in [2.24, 2.45) is 5.92 Å². The lowest BCUT2D eigenvalue weighted by Crippen LogP contribution is -2.56. The summed E-state index contributed by atoms with van der Waals surface area (Å²) in [6.45, 7) is 6.45. The maximum absolute atomic E-state index is 11.3. The highest BCUT2D eigenvalue weighted by molar-refractivity contribution is 9.10. The van der Waals surface area contributed by atoms with Crippen molar-refractivity contribution >= 4 is 21.8 Å². The van der Waals surface area contributed by atoms with Crippen LogP contribution in [0.15, 0.2) is 34.8 Å². The van der Waals surface area contributed by atoms with Gasteiger partial charge in [0.05, 0.1) is 5.69 Å². The Morgan fingerprint density at radius 1 is 1.33 bits per heavy atom. The molecule has 2 bridgehead atoms. The number of carbonyl (C=O) groups is 1. The molecule has 3 aliphatic rings. The van der Waals surface area contributed by atoms with Crippen LogP contribution < -0.4 is 5.32 Å². The van der Waals surface area contributed by atoms with Crippen molar-refractivity contribution in [3.8, 4) is 11.3 Å². The molecule has 3 saturated heterocycles. The molecule has 0 spiro atoms. The molecule has 2 aromatic rings. The first-order valence-electron chi connectivity index (χ1n) is 9.60. The van der Waals surface area contributed by atoms with E-state index in [4.69, 9.17) is 4.98 Å². The van der Waals surface area contributed by atoms with Crippen LogP contribution in [0.5, 0.6) is 0 Å². The summed E-state index contributed by atoms with van der Waals surface area (Å²) >= 11 is 3.64. The van der Waals surface area contributed by atoms with Crippen molar-refractivity contribution in [2.45, 2.75) is 38.6 Å². The zero-order valence-corrected chi connectivity index (χ0v) is 17.4. The van der Waals surface area contributed by atoms with Crippen molar-refractivity contribution in [1.29, 1.82) is 0 Å². The van der Waals surface area contributed by atoms with Crippen LogP contribution in [0.25, 0.3) is 11.3 Å². The van der Waals surface area contributed by atoms with E-state index in [1.165, 1.54) is 6.42 Å². The molecule has 5 rings (SSSR count). The molecule has 0 aliphatic carbocycles. The number of carbonyl (C=O) groups excluding carboxylic acids is 1. The Morgan fingerprint density at radius 3 is 2.85 bits per heavy atom. The van der Waals surface area contributed by atoms with Crippen molar-refractivity contribution in [3.05, 3.63) is 46.3 Å². The summed E-state index contributed by atoms with van der Waals surface area (Å²) < 4.78 is 1.05. The van der Waals surface area contributed by atoms with E-state index in [-0.39, 0.29) is 5.91 Å². The first kappa shape index (κ1) is 18.6. The quantitative estimate of drug-likeness (QED) is 0.808. The zero-order chi connectivity index (χ0) is 19.0. The number of benzene rings is 1. The fourth-order valence-corrected chi connectivity index (χ4v) is 5.02. The summed E-state index contributed by atoms with van der Waals surface area (Å²) in [6, 6.07) is 10.8. The van der Waals surface area contributed by atoms with Crippen molar-refractivity contribution in [1.82, 2.24) is 20.2 Å². The molecule has 6 heteroatoms. The largest absolute Gasteiger partial charge is 0.355 e. The number of hydrogen-bond donors (Lipinski definition) is 1. The number of aromatic nitrogens is 2. The minimum absolute atomic E-state index is 0.0544. The predicted molar refractivity (Wildman–Crippen MR) is 109 cm³/mol. The molecule has 3 fully saturated rings. The zero-order valence-electron chi connectivity index (χ0n) is 15.8. The summed E-state index contributed by atoms with van der Waals surface area (Å²) in [6.07, 6.45) is 2.33. The Morgan fingerprint density at radius 2 is 2.15 bits per heavy atom. The van der Waals surface area contributed by atoms with Gasteiger partial charge in [0.1, 0.15) is 5.82 Å². The number of amides is 1. The number of piperidine rings is 3. The SMILES string of the molecule is CC(=O)NCC1CC2CCN1CC2c1cc(-c2ccccc2Br)nc(C)n1. The van der Waals surface area contributed by atoms with Crippen LogP contribution in [0, 0.1) is 12.8 Å². The number of halogens is 1. The monoisotopic (exact) mass is 428 g/mol. The van der Waals surface area contributed by atoms with E-state index >= 15 is 0 Å². The molecule has 1 N–H and O–H groups in total. The summed E-state index contributed by atoms with van der Waals surface area (Å²) in [7, 11) is 0. The fraction of sp³-hybridized carbons (Fsp3) is 0.476. The molecule has 3 aliphatic heterocycles. The van der Waals surface area contributed by atoms with Gasteiger partial charge in [-0.05, 0) is 44.4 Å². The average molecular weight is 429 g/mol. The van der Waals surface area contributed by atoms with Crippen molar-refractivity contribution in [2.75, 3.05) is 19.6 Å². The number of nitrogens with one attached hydrogen (secondary N) is 1. The Hall–Kier alpha value is -1.79. The van der Waals surface area contributed by atoms with Gasteiger partial charge in [0.25, 0.3) is 0 Å². The van der Waals surface area contributed by atoms with E-state index in [0.29, 0.717) is 17.9 Å². The average Bonchev–Trinajstić information content (AvgIpc) is 2.66. The maximum atomic E-state index is 11.3. The standard InChI is InChI=1S/C21H25BrN4O/c1-13-24-20(17-5-3-4-6-19(17)22)10-21(25-13)18-12-26-8-7-15(18)9-16(26)11-23-14(2)27/h3-6,10,15-16,18H,7-9,11-12H2,1-2H3,(H,23,27). The number of hydrogen-bond acceptors (Lipinski definition) is 4. The molecule has 1 amide bonds. The molecule has 0 radical (unpaired) electrons. The molecule has 0 saturated carbocycles. The van der Waals surface area contributed by atoms with Gasteiger partial charge < -0.3 is 5.32 Å². The summed E-state index contributed by atoms with van der Waals surface area (Å²) in [5.74, 6) is 1.94. The van der Waals surface area contributed by atoms with Crippen LogP contribution in [0.1, 0.15) is 37.2 Å². The molecule has 142 valence electrons. The summed E-state index contributed by atoms with van der Waals surface area (Å²) in [4.78, 5) is 23.3. The number of aryl methyl sites for hydroxylation is 1. The van der Waals surface area contributed by atoms with Crippen LogP contribution in [0.4, 0.5) is 0 Å². The lowest BCUT2D eigenvalue weighted by molar-refractivity contribution is -0.119. The highest BCUT2D eigenvalue weighted by atomic mass is 79.9. The van der Waals surface area contributed by atoms with Crippen LogP contribution in [0.2, 0.25) is 0 Å². The van der Waals surface area contributed by atoms with Gasteiger partial charge in [-0.2, -0.15) is 0 Å². The molecular formula is C21H25BrN4O. The summed E-state index contributed by atoms with van der Waals surface area (Å²) in [5, 5.41) is 2.99. The molecular weight excluding hydrogens is 404 g/mol. The first-order chi connectivity index (χ1) is 13.0. The van der Waals surface area contributed by atoms with Crippen molar-refractivity contribution in [3.63, 3.8) is 0 Å². The van der Waals surface area contributed by atoms with Gasteiger partial charge in [-0.1, -0.05) is 34.1 Å². The summed E-state index contributed by atoms with van der Waals surface area (Å²) in [5.41, 5.74) is 3.24. The molecule has 4 heterocycles. The minimum Gasteiger partial charge on any atom is -0.355 e. The second-order valence-electron chi connectivity index (χ2n) is 7.68. The third-order valence-electron chi connectivity index (χ3n) is 5.85. The Bertz CT molecular complexity index is 856. The lowest BCUT2D eigenvalue weighted by Gasteiger charge is -2.49. The minimum atomic E-state index is 0.0544. The molecule has 27 heavy (non-hydrogen) atoms. The van der Waals surface area contributed by atoms with Crippen LogP contribution in [0.3, 0.4) is 0 Å². The van der Waals surface area contributed by atoms with E-state index < -0.39 is 0 Å². The Kier molecular flexibility index (Phi) is 5.28. The fourth-order valence-electron chi connectivity index (χ4n) is 4.53. The van der Waals surface area contributed by atoms with Gasteiger partial charge in [-0.15, -0.1) is 0 Å². The van der Waals surface area contributed by atoms with E-state index in [1.54, 1.807) is 6.92 Å². The predicted octanol–water partition coefficient (Wildman–Crippen LogP) is 3.53. The second kappa shape index (κ2) is 7.68. The molecule has 1 aromatic heterocycles. The first-order valence-corrected chi connectivity index (χ1v) is 10.4. The third kappa shape index (κ3) is 3.92. The van der Waals surface area contributed by atoms with Gasteiger partial charge in [0.2, 0.25) is 5.91 Å². The number of rotatable bonds is 4. The highest BCUT2D eigenvalue weighted by Gasteiger charge is 2.41. The third-order valence-corrected chi connectivity index (χ3v) is 6.54. The van der Waals surface area contributed by atoms with Gasteiger partial charge >= 0.3 is 0 Å². The highest BCUT2D eigenvalue weighted by Crippen LogP contribution is 2.42. The van der Waals surface area contributed by atoms with Gasteiger partial charge in [-0.25, -0.2) is 9.97 Å². The molecule has 4 unspecified atom stereocenters. The maximum Gasteiger partial charge on any atom is 0.216 e. The van der Waals surface area contributed by atoms with E-state index in [1.807, 2.05) is 25.1 Å². The van der Waals surface area contributed by atoms with Crippen LogP contribution in [-0.4, -0.2) is 46.5 Å². The Balaban J connectivity index is 1.58. The molecule has 1 aromatic carbocycles. The smallest absolute Gasteiger partial charge is 0.216 e. The normalized spacial score (nSPS) is 26.8. The van der Waals surface area contributed by atoms with Crippen LogP contribution in [-0.2, 0) is 4.79 Å². The number of fused-ring (bicyclic) bond motifs is 3. The van der Waals surface area contributed by atoms with Gasteiger partial charge in [-0.3, -0.25) is 9.69 Å². The van der Waals surface area contributed by atoms with Crippen molar-refractivity contribution < 1.29 is 4.79 Å². The molecule has 5 nitrogen and oxygen atoms in total. The van der Waals surface area contributed by atoms with Gasteiger partial charge in [0.15, 0.2) is 0 Å².